The van der Waals surface area contributed by atoms with E-state index in [2.05, 4.69) is 5.32 Å². The molecule has 0 aromatic heterocycles. The number of benzene rings is 1. The lowest BCUT2D eigenvalue weighted by Crippen LogP contribution is -2.22. The molecule has 1 fully saturated rings. The van der Waals surface area contributed by atoms with Crippen molar-refractivity contribution in [1.29, 1.82) is 0 Å². The molecule has 0 spiro atoms. The van der Waals surface area contributed by atoms with E-state index in [1.165, 1.54) is 19.3 Å². The van der Waals surface area contributed by atoms with E-state index in [0.717, 1.165) is 18.2 Å². The second-order valence-electron chi connectivity index (χ2n) is 4.70. The van der Waals surface area contributed by atoms with Crippen molar-refractivity contribution in [3.8, 4) is 0 Å². The standard InChI is InChI=1S/C14H20N2O2/c1-2-18-14(17)12-8-11(15)6-7-13(12)16-9-10-4-3-5-10/h6-8,10,16H,2-5,9,15H2,1H3. The number of nitrogens with two attached hydrogens (primary N) is 1. The highest BCUT2D eigenvalue weighted by atomic mass is 16.5. The maximum Gasteiger partial charge on any atom is 0.340 e. The van der Waals surface area contributed by atoms with Gasteiger partial charge in [-0.1, -0.05) is 6.42 Å². The number of nitrogen functional groups attached to an aromatic ring is 1. The largest absolute Gasteiger partial charge is 0.462 e. The van der Waals surface area contributed by atoms with Crippen molar-refractivity contribution < 1.29 is 9.53 Å². The van der Waals surface area contributed by atoms with Gasteiger partial charge in [-0.25, -0.2) is 4.79 Å². The number of nitrogens with one attached hydrogen (secondary N) is 1. The predicted molar refractivity (Wildman–Crippen MR) is 72.6 cm³/mol. The molecule has 2 rings (SSSR count). The average Bonchev–Trinajstić information content (AvgIpc) is 2.29. The normalized spacial score (nSPS) is 14.9. The average molecular weight is 248 g/mol. The molecule has 98 valence electrons. The molecular formula is C14H20N2O2. The van der Waals surface area contributed by atoms with Gasteiger partial charge < -0.3 is 15.8 Å². The maximum absolute atomic E-state index is 11.8. The number of carbonyl (C=O) groups excluding carboxylic acids is 1. The molecule has 0 radical (unpaired) electrons. The predicted octanol–water partition coefficient (Wildman–Crippen LogP) is 2.66. The maximum atomic E-state index is 11.8. The van der Waals surface area contributed by atoms with Crippen LogP contribution in [-0.2, 0) is 4.74 Å². The second kappa shape index (κ2) is 5.76. The van der Waals surface area contributed by atoms with Crippen molar-refractivity contribution >= 4 is 17.3 Å². The number of rotatable bonds is 5. The third-order valence-corrected chi connectivity index (χ3v) is 3.34. The highest BCUT2D eigenvalue weighted by molar-refractivity contribution is 5.96. The van der Waals surface area contributed by atoms with Gasteiger partial charge >= 0.3 is 5.97 Å². The summed E-state index contributed by atoms with van der Waals surface area (Å²) in [6, 6.07) is 5.31. The summed E-state index contributed by atoms with van der Waals surface area (Å²) in [7, 11) is 0. The number of hydrogen-bond acceptors (Lipinski definition) is 4. The Hall–Kier alpha value is -1.71. The van der Waals surface area contributed by atoms with Gasteiger partial charge in [0.1, 0.15) is 0 Å². The van der Waals surface area contributed by atoms with Crippen LogP contribution in [0.15, 0.2) is 18.2 Å². The first-order chi connectivity index (χ1) is 8.70. The van der Waals surface area contributed by atoms with Gasteiger partial charge in [0.2, 0.25) is 0 Å². The fourth-order valence-electron chi connectivity index (χ4n) is 2.04. The first-order valence-corrected chi connectivity index (χ1v) is 6.51. The zero-order valence-electron chi connectivity index (χ0n) is 10.7. The molecule has 0 atom stereocenters. The first-order valence-electron chi connectivity index (χ1n) is 6.51. The van der Waals surface area contributed by atoms with Crippen molar-refractivity contribution in [2.45, 2.75) is 26.2 Å². The van der Waals surface area contributed by atoms with Crippen LogP contribution in [0.4, 0.5) is 11.4 Å². The Morgan fingerprint density at radius 3 is 2.89 bits per heavy atom. The van der Waals surface area contributed by atoms with Gasteiger partial charge in [0, 0.05) is 17.9 Å². The number of anilines is 2. The number of hydrogen-bond donors (Lipinski definition) is 2. The molecule has 1 saturated carbocycles. The lowest BCUT2D eigenvalue weighted by Gasteiger charge is -2.26. The summed E-state index contributed by atoms with van der Waals surface area (Å²) in [5, 5.41) is 3.33. The Morgan fingerprint density at radius 1 is 1.50 bits per heavy atom. The fraction of sp³-hybridized carbons (Fsp3) is 0.500. The van der Waals surface area contributed by atoms with Crippen molar-refractivity contribution in [1.82, 2.24) is 0 Å². The van der Waals surface area contributed by atoms with Crippen molar-refractivity contribution in [3.63, 3.8) is 0 Å². The molecule has 4 nitrogen and oxygen atoms in total. The molecule has 1 aliphatic carbocycles. The lowest BCUT2D eigenvalue weighted by molar-refractivity contribution is 0.0527. The molecule has 0 unspecified atom stereocenters. The molecule has 0 heterocycles. The van der Waals surface area contributed by atoms with Crippen LogP contribution in [0.2, 0.25) is 0 Å². The van der Waals surface area contributed by atoms with Gasteiger partial charge in [-0.15, -0.1) is 0 Å². The van der Waals surface area contributed by atoms with Crippen LogP contribution in [0.5, 0.6) is 0 Å². The minimum atomic E-state index is -0.319. The molecule has 4 heteroatoms. The monoisotopic (exact) mass is 248 g/mol. The van der Waals surface area contributed by atoms with Crippen LogP contribution < -0.4 is 11.1 Å². The minimum absolute atomic E-state index is 0.319. The van der Waals surface area contributed by atoms with E-state index in [9.17, 15) is 4.79 Å². The molecule has 0 amide bonds. The summed E-state index contributed by atoms with van der Waals surface area (Å²) in [6.45, 7) is 3.08. The van der Waals surface area contributed by atoms with Crippen LogP contribution in [0.1, 0.15) is 36.5 Å². The fourth-order valence-corrected chi connectivity index (χ4v) is 2.04. The van der Waals surface area contributed by atoms with E-state index in [1.54, 1.807) is 19.1 Å². The SMILES string of the molecule is CCOC(=O)c1cc(N)ccc1NCC1CCC1. The Balaban J connectivity index is 2.08. The van der Waals surface area contributed by atoms with E-state index >= 15 is 0 Å². The molecule has 18 heavy (non-hydrogen) atoms. The second-order valence-corrected chi connectivity index (χ2v) is 4.70. The minimum Gasteiger partial charge on any atom is -0.462 e. The summed E-state index contributed by atoms with van der Waals surface area (Å²) in [6.07, 6.45) is 3.87. The van der Waals surface area contributed by atoms with E-state index in [0.29, 0.717) is 17.9 Å². The van der Waals surface area contributed by atoms with E-state index in [1.807, 2.05) is 6.07 Å². The third kappa shape index (κ3) is 2.94. The Morgan fingerprint density at radius 2 is 2.28 bits per heavy atom. The van der Waals surface area contributed by atoms with Gasteiger partial charge in [-0.05, 0) is 43.9 Å². The number of esters is 1. The van der Waals surface area contributed by atoms with Crippen molar-refractivity contribution in [2.24, 2.45) is 5.92 Å². The van der Waals surface area contributed by atoms with E-state index in [4.69, 9.17) is 10.5 Å². The summed E-state index contributed by atoms with van der Waals surface area (Å²) < 4.78 is 5.04. The van der Waals surface area contributed by atoms with Crippen molar-refractivity contribution in [2.75, 3.05) is 24.2 Å². The molecule has 1 aliphatic rings. The van der Waals surface area contributed by atoms with Crippen LogP contribution in [0, 0.1) is 5.92 Å². The zero-order valence-corrected chi connectivity index (χ0v) is 10.7. The molecule has 0 bridgehead atoms. The van der Waals surface area contributed by atoms with Crippen LogP contribution >= 0.6 is 0 Å². The van der Waals surface area contributed by atoms with Gasteiger partial charge in [-0.3, -0.25) is 0 Å². The third-order valence-electron chi connectivity index (χ3n) is 3.34. The van der Waals surface area contributed by atoms with Crippen LogP contribution in [0.25, 0.3) is 0 Å². The zero-order chi connectivity index (χ0) is 13.0. The number of ether oxygens (including phenoxy) is 1. The molecule has 1 aromatic carbocycles. The lowest BCUT2D eigenvalue weighted by atomic mass is 9.85. The molecule has 0 saturated heterocycles. The van der Waals surface area contributed by atoms with E-state index in [-0.39, 0.29) is 5.97 Å². The Bertz CT molecular complexity index is 428. The topological polar surface area (TPSA) is 64.3 Å². The summed E-state index contributed by atoms with van der Waals surface area (Å²) in [5.41, 5.74) is 7.63. The van der Waals surface area contributed by atoms with Gasteiger partial charge in [-0.2, -0.15) is 0 Å². The Kier molecular flexibility index (Phi) is 4.07. The molecule has 3 N–H and O–H groups in total. The van der Waals surface area contributed by atoms with Gasteiger partial charge in [0.05, 0.1) is 12.2 Å². The van der Waals surface area contributed by atoms with Crippen LogP contribution in [-0.4, -0.2) is 19.1 Å². The summed E-state index contributed by atoms with van der Waals surface area (Å²) >= 11 is 0. The van der Waals surface area contributed by atoms with Gasteiger partial charge in [0.15, 0.2) is 0 Å². The molecule has 0 aliphatic heterocycles. The number of carbonyl (C=O) groups is 1. The molecular weight excluding hydrogens is 228 g/mol. The quantitative estimate of drug-likeness (QED) is 0.621. The Labute approximate surface area is 108 Å². The first kappa shape index (κ1) is 12.7. The smallest absolute Gasteiger partial charge is 0.340 e. The van der Waals surface area contributed by atoms with Gasteiger partial charge in [0.25, 0.3) is 0 Å². The van der Waals surface area contributed by atoms with E-state index < -0.39 is 0 Å². The van der Waals surface area contributed by atoms with Crippen LogP contribution in [0.3, 0.4) is 0 Å². The summed E-state index contributed by atoms with van der Waals surface area (Å²) in [5.74, 6) is 0.415. The highest BCUT2D eigenvalue weighted by Crippen LogP contribution is 2.27. The summed E-state index contributed by atoms with van der Waals surface area (Å²) in [4.78, 5) is 11.8. The van der Waals surface area contributed by atoms with Crippen molar-refractivity contribution in [3.05, 3.63) is 23.8 Å². The highest BCUT2D eigenvalue weighted by Gasteiger charge is 2.18. The molecule has 1 aromatic rings.